The van der Waals surface area contributed by atoms with Gasteiger partial charge < -0.3 is 0 Å². The first kappa shape index (κ1) is 6.48. The molecule has 0 nitrogen and oxygen atoms in total. The maximum absolute atomic E-state index is 5.09. The molecule has 39 valence electrons. The zero-order valence-electron chi connectivity index (χ0n) is 4.72. The van der Waals surface area contributed by atoms with Gasteiger partial charge in [0.2, 0.25) is 0 Å². The zero-order chi connectivity index (χ0) is 5.54. The number of hydrogen-bond acceptors (Lipinski definition) is 0. The normalized spacial score (nSPS) is 9.86. The van der Waals surface area contributed by atoms with Crippen molar-refractivity contribution >= 4 is 0 Å². The van der Waals surface area contributed by atoms with E-state index in [0.29, 0.717) is 0 Å². The SMILES string of the molecule is [CH]=CC/C=C/CC. The van der Waals surface area contributed by atoms with Crippen molar-refractivity contribution in [2.24, 2.45) is 0 Å². The Hall–Kier alpha value is -0.520. The summed E-state index contributed by atoms with van der Waals surface area (Å²) in [6.45, 7) is 7.20. The van der Waals surface area contributed by atoms with Crippen molar-refractivity contribution in [3.8, 4) is 0 Å². The summed E-state index contributed by atoms with van der Waals surface area (Å²) in [5.41, 5.74) is 0. The van der Waals surface area contributed by atoms with Crippen LogP contribution in [0.15, 0.2) is 18.2 Å². The van der Waals surface area contributed by atoms with Gasteiger partial charge in [0.15, 0.2) is 0 Å². The third-order valence-corrected chi connectivity index (χ3v) is 0.675. The Labute approximate surface area is 45.5 Å². The van der Waals surface area contributed by atoms with Gasteiger partial charge in [0.1, 0.15) is 0 Å². The fourth-order valence-corrected chi connectivity index (χ4v) is 0.341. The Morgan fingerprint density at radius 2 is 2.14 bits per heavy atom. The average molecular weight is 95.2 g/mol. The lowest BCUT2D eigenvalue weighted by molar-refractivity contribution is 1.20. The molecule has 7 heavy (non-hydrogen) atoms. The Bertz CT molecular complexity index is 60.4. The van der Waals surface area contributed by atoms with E-state index in [4.69, 9.17) is 6.58 Å². The maximum atomic E-state index is 5.09. The van der Waals surface area contributed by atoms with Crippen molar-refractivity contribution in [3.05, 3.63) is 24.8 Å². The highest BCUT2D eigenvalue weighted by atomic mass is 13.7. The molecule has 0 heterocycles. The molecule has 0 spiro atoms. The summed E-state index contributed by atoms with van der Waals surface area (Å²) >= 11 is 0. The second-order valence-electron chi connectivity index (χ2n) is 1.35. The molecule has 0 aliphatic carbocycles. The largest absolute Gasteiger partial charge is 0.0885 e. The summed E-state index contributed by atoms with van der Waals surface area (Å²) in [6.07, 6.45) is 7.80. The van der Waals surface area contributed by atoms with E-state index in [9.17, 15) is 0 Å². The molecule has 0 unspecified atom stereocenters. The van der Waals surface area contributed by atoms with Crippen molar-refractivity contribution in [3.63, 3.8) is 0 Å². The summed E-state index contributed by atoms with van der Waals surface area (Å²) in [6, 6.07) is 0. The Balaban J connectivity index is 2.92. The van der Waals surface area contributed by atoms with E-state index in [1.807, 2.05) is 0 Å². The minimum Gasteiger partial charge on any atom is -0.0885 e. The van der Waals surface area contributed by atoms with E-state index in [1.165, 1.54) is 0 Å². The molecule has 0 saturated heterocycles. The van der Waals surface area contributed by atoms with Gasteiger partial charge in [0, 0.05) is 0 Å². The first-order chi connectivity index (χ1) is 3.41. The van der Waals surface area contributed by atoms with Gasteiger partial charge in [-0.1, -0.05) is 31.7 Å². The summed E-state index contributed by atoms with van der Waals surface area (Å²) in [5, 5.41) is 0. The molecule has 0 bridgehead atoms. The van der Waals surface area contributed by atoms with Crippen LogP contribution in [0.4, 0.5) is 0 Å². The van der Waals surface area contributed by atoms with E-state index < -0.39 is 0 Å². The molecule has 0 aromatic heterocycles. The molecule has 0 aromatic carbocycles. The number of rotatable bonds is 3. The van der Waals surface area contributed by atoms with Crippen LogP contribution in [0.2, 0.25) is 0 Å². The van der Waals surface area contributed by atoms with Crippen LogP contribution < -0.4 is 0 Å². The van der Waals surface area contributed by atoms with Crippen LogP contribution in [0.3, 0.4) is 0 Å². The lowest BCUT2D eigenvalue weighted by atomic mass is 10.3. The summed E-state index contributed by atoms with van der Waals surface area (Å²) in [7, 11) is 0. The van der Waals surface area contributed by atoms with Crippen LogP contribution >= 0.6 is 0 Å². The van der Waals surface area contributed by atoms with Gasteiger partial charge in [-0.2, -0.15) is 0 Å². The second-order valence-corrected chi connectivity index (χ2v) is 1.35. The van der Waals surface area contributed by atoms with Gasteiger partial charge >= 0.3 is 0 Å². The minimum atomic E-state index is 0.897. The van der Waals surface area contributed by atoms with Crippen LogP contribution in [-0.4, -0.2) is 0 Å². The topological polar surface area (TPSA) is 0 Å². The van der Waals surface area contributed by atoms with E-state index in [-0.39, 0.29) is 0 Å². The summed E-state index contributed by atoms with van der Waals surface area (Å²) in [4.78, 5) is 0. The van der Waals surface area contributed by atoms with Gasteiger partial charge in [0.25, 0.3) is 0 Å². The molecule has 0 aromatic rings. The van der Waals surface area contributed by atoms with Crippen LogP contribution in [0, 0.1) is 6.58 Å². The van der Waals surface area contributed by atoms with Crippen LogP contribution in [0.25, 0.3) is 0 Å². The smallest absolute Gasteiger partial charge is 0.0166 e. The first-order valence-electron chi connectivity index (χ1n) is 2.60. The minimum absolute atomic E-state index is 0.897. The van der Waals surface area contributed by atoms with E-state index >= 15 is 0 Å². The van der Waals surface area contributed by atoms with Crippen LogP contribution in [0.1, 0.15) is 19.8 Å². The number of hydrogen-bond donors (Lipinski definition) is 0. The second kappa shape index (κ2) is 5.48. The summed E-state index contributed by atoms with van der Waals surface area (Å²) < 4.78 is 0. The zero-order valence-corrected chi connectivity index (χ0v) is 4.72. The highest BCUT2D eigenvalue weighted by molar-refractivity contribution is 4.85. The van der Waals surface area contributed by atoms with Gasteiger partial charge in [-0.3, -0.25) is 0 Å². The Kier molecular flexibility index (Phi) is 5.07. The van der Waals surface area contributed by atoms with E-state index in [0.717, 1.165) is 12.8 Å². The Morgan fingerprint density at radius 3 is 2.57 bits per heavy atom. The third kappa shape index (κ3) is 5.48. The third-order valence-electron chi connectivity index (χ3n) is 0.675. The van der Waals surface area contributed by atoms with Crippen molar-refractivity contribution in [2.75, 3.05) is 0 Å². The standard InChI is InChI=1S/C7H11/c1-3-5-7-6-4-2/h1,3,6-7H,4-5H2,2H3/b3-1?,7-6+. The first-order valence-corrected chi connectivity index (χ1v) is 2.60. The summed E-state index contributed by atoms with van der Waals surface area (Å²) in [5.74, 6) is 0. The molecule has 0 heteroatoms. The monoisotopic (exact) mass is 95.1 g/mol. The molecule has 0 aliphatic heterocycles. The molecule has 0 saturated carbocycles. The highest BCUT2D eigenvalue weighted by Gasteiger charge is 1.63. The molecule has 0 aliphatic rings. The van der Waals surface area contributed by atoms with E-state index in [2.05, 4.69) is 19.1 Å². The molecule has 0 rings (SSSR count). The van der Waals surface area contributed by atoms with Crippen molar-refractivity contribution in [2.45, 2.75) is 19.8 Å². The van der Waals surface area contributed by atoms with E-state index in [1.54, 1.807) is 6.08 Å². The highest BCUT2D eigenvalue weighted by Crippen LogP contribution is 1.84. The predicted molar refractivity (Wildman–Crippen MR) is 32.9 cm³/mol. The molecule has 0 atom stereocenters. The van der Waals surface area contributed by atoms with Gasteiger partial charge in [0.05, 0.1) is 0 Å². The van der Waals surface area contributed by atoms with Crippen molar-refractivity contribution in [1.82, 2.24) is 0 Å². The van der Waals surface area contributed by atoms with Crippen LogP contribution in [0.5, 0.6) is 0 Å². The molecular weight excluding hydrogens is 84.1 g/mol. The van der Waals surface area contributed by atoms with Crippen LogP contribution in [-0.2, 0) is 0 Å². The molecule has 1 radical (unpaired) electrons. The molecule has 0 amide bonds. The fraction of sp³-hybridized carbons (Fsp3) is 0.429. The van der Waals surface area contributed by atoms with Crippen molar-refractivity contribution in [1.29, 1.82) is 0 Å². The average Bonchev–Trinajstić information content (AvgIpc) is 1.69. The predicted octanol–water partition coefficient (Wildman–Crippen LogP) is 2.33. The lowest BCUT2D eigenvalue weighted by Crippen LogP contribution is -1.54. The van der Waals surface area contributed by atoms with Gasteiger partial charge in [-0.25, -0.2) is 0 Å². The van der Waals surface area contributed by atoms with Gasteiger partial charge in [-0.15, -0.1) is 0 Å². The molecule has 0 fully saturated rings. The maximum Gasteiger partial charge on any atom is -0.0166 e. The van der Waals surface area contributed by atoms with Gasteiger partial charge in [-0.05, 0) is 12.8 Å². The lowest BCUT2D eigenvalue weighted by Gasteiger charge is -1.74. The fourth-order valence-electron chi connectivity index (χ4n) is 0.341. The molecule has 0 N–H and O–H groups in total. The number of allylic oxidation sites excluding steroid dienone is 3. The molecular formula is C7H11. The quantitative estimate of drug-likeness (QED) is 0.472. The Morgan fingerprint density at radius 1 is 1.43 bits per heavy atom. The van der Waals surface area contributed by atoms with Crippen molar-refractivity contribution < 1.29 is 0 Å².